The molecule has 1 aromatic carbocycles. The maximum absolute atomic E-state index is 12.8. The number of nitrogens with one attached hydrogen (secondary N) is 1. The molecule has 0 bridgehead atoms. The van der Waals surface area contributed by atoms with Crippen molar-refractivity contribution in [1.29, 1.82) is 0 Å². The van der Waals surface area contributed by atoms with E-state index in [2.05, 4.69) is 15.3 Å². The van der Waals surface area contributed by atoms with E-state index in [4.69, 9.17) is 0 Å². The molecular formula is C16H12F3N3O. The summed E-state index contributed by atoms with van der Waals surface area (Å²) in [5.41, 5.74) is 2.05. The van der Waals surface area contributed by atoms with Gasteiger partial charge in [-0.3, -0.25) is 14.8 Å². The van der Waals surface area contributed by atoms with Crippen molar-refractivity contribution in [3.63, 3.8) is 0 Å². The number of carbonyl (C=O) groups is 1. The molecule has 0 fully saturated rings. The smallest absolute Gasteiger partial charge is 0.324 e. The van der Waals surface area contributed by atoms with Crippen LogP contribution >= 0.6 is 0 Å². The Kier molecular flexibility index (Phi) is 3.63. The summed E-state index contributed by atoms with van der Waals surface area (Å²) < 4.78 is 38.3. The molecule has 4 nitrogen and oxygen atoms in total. The van der Waals surface area contributed by atoms with Gasteiger partial charge in [-0.05, 0) is 23.8 Å². The van der Waals surface area contributed by atoms with Crippen LogP contribution in [0.25, 0.3) is 0 Å². The van der Waals surface area contributed by atoms with Crippen molar-refractivity contribution < 1.29 is 18.0 Å². The normalized spacial score (nSPS) is 13.5. The van der Waals surface area contributed by atoms with Crippen LogP contribution in [0.3, 0.4) is 0 Å². The molecule has 1 aliphatic heterocycles. The molecule has 7 heteroatoms. The second-order valence-electron chi connectivity index (χ2n) is 5.18. The van der Waals surface area contributed by atoms with E-state index in [9.17, 15) is 18.0 Å². The van der Waals surface area contributed by atoms with E-state index in [1.54, 1.807) is 12.3 Å². The Morgan fingerprint density at radius 2 is 2.04 bits per heavy atom. The standard InChI is InChI=1S/C16H12F3N3O/c1-9(23)21-15-8-20-5-4-12(15)14-6-10-2-3-11(16(17,18)19)7-13(10)22-14/h2-5,7-8H,6H2,1H3,(H,21,23). The number of amides is 1. The lowest BCUT2D eigenvalue weighted by molar-refractivity contribution is -0.137. The van der Waals surface area contributed by atoms with Crippen LogP contribution in [0.15, 0.2) is 41.7 Å². The van der Waals surface area contributed by atoms with E-state index in [0.717, 1.165) is 17.7 Å². The number of pyridine rings is 1. The maximum atomic E-state index is 12.8. The number of fused-ring (bicyclic) bond motifs is 1. The molecule has 1 amide bonds. The summed E-state index contributed by atoms with van der Waals surface area (Å²) in [5, 5.41) is 2.65. The molecule has 118 valence electrons. The predicted molar refractivity (Wildman–Crippen MR) is 79.9 cm³/mol. The van der Waals surface area contributed by atoms with Gasteiger partial charge in [0.25, 0.3) is 0 Å². The van der Waals surface area contributed by atoms with Crippen LogP contribution in [0.1, 0.15) is 23.6 Å². The number of aliphatic imine (C=N–C) groups is 1. The van der Waals surface area contributed by atoms with E-state index in [1.807, 2.05) is 0 Å². The quantitative estimate of drug-likeness (QED) is 0.917. The third-order valence-electron chi connectivity index (χ3n) is 3.47. The zero-order valence-corrected chi connectivity index (χ0v) is 12.1. The molecule has 0 saturated carbocycles. The van der Waals surface area contributed by atoms with Gasteiger partial charge in [0, 0.05) is 25.1 Å². The van der Waals surface area contributed by atoms with E-state index < -0.39 is 11.7 Å². The van der Waals surface area contributed by atoms with Crippen LogP contribution in [-0.4, -0.2) is 16.6 Å². The van der Waals surface area contributed by atoms with E-state index in [-0.39, 0.29) is 5.91 Å². The summed E-state index contributed by atoms with van der Waals surface area (Å²) in [6, 6.07) is 5.22. The lowest BCUT2D eigenvalue weighted by Crippen LogP contribution is -2.12. The minimum Gasteiger partial charge on any atom is -0.324 e. The van der Waals surface area contributed by atoms with Crippen molar-refractivity contribution in [2.45, 2.75) is 19.5 Å². The fraction of sp³-hybridized carbons (Fsp3) is 0.188. The summed E-state index contributed by atoms with van der Waals surface area (Å²) >= 11 is 0. The average Bonchev–Trinajstić information content (AvgIpc) is 2.89. The lowest BCUT2D eigenvalue weighted by atomic mass is 10.0. The Morgan fingerprint density at radius 1 is 1.26 bits per heavy atom. The Hall–Kier alpha value is -2.70. The van der Waals surface area contributed by atoms with Gasteiger partial charge in [-0.15, -0.1) is 0 Å². The maximum Gasteiger partial charge on any atom is 0.416 e. The highest BCUT2D eigenvalue weighted by Crippen LogP contribution is 2.37. The molecule has 0 radical (unpaired) electrons. The Morgan fingerprint density at radius 3 is 2.74 bits per heavy atom. The number of alkyl halides is 3. The van der Waals surface area contributed by atoms with Crippen LogP contribution in [0.2, 0.25) is 0 Å². The summed E-state index contributed by atoms with van der Waals surface area (Å²) in [6.45, 7) is 1.37. The van der Waals surface area contributed by atoms with Gasteiger partial charge in [0.15, 0.2) is 0 Å². The first-order chi connectivity index (χ1) is 10.8. The van der Waals surface area contributed by atoms with Gasteiger partial charge in [-0.1, -0.05) is 6.07 Å². The van der Waals surface area contributed by atoms with E-state index >= 15 is 0 Å². The zero-order chi connectivity index (χ0) is 16.6. The van der Waals surface area contributed by atoms with Gasteiger partial charge >= 0.3 is 6.18 Å². The SMILES string of the molecule is CC(=O)Nc1cnccc1C1=Nc2cc(C(F)(F)F)ccc2C1. The van der Waals surface area contributed by atoms with E-state index in [1.165, 1.54) is 19.2 Å². The third kappa shape index (κ3) is 3.08. The molecule has 0 aliphatic carbocycles. The monoisotopic (exact) mass is 319 g/mol. The Bertz CT molecular complexity index is 812. The van der Waals surface area contributed by atoms with Gasteiger partial charge in [0.1, 0.15) is 0 Å². The highest BCUT2D eigenvalue weighted by Gasteiger charge is 2.32. The predicted octanol–water partition coefficient (Wildman–Crippen LogP) is 3.74. The summed E-state index contributed by atoms with van der Waals surface area (Å²) in [5.74, 6) is -0.255. The molecule has 1 aromatic heterocycles. The van der Waals surface area contributed by atoms with Crippen molar-refractivity contribution in [3.05, 3.63) is 53.3 Å². The second kappa shape index (κ2) is 5.49. The van der Waals surface area contributed by atoms with Gasteiger partial charge in [-0.2, -0.15) is 13.2 Å². The van der Waals surface area contributed by atoms with Crippen molar-refractivity contribution in [1.82, 2.24) is 4.98 Å². The molecular weight excluding hydrogens is 307 g/mol. The molecule has 0 unspecified atom stereocenters. The number of hydrogen-bond acceptors (Lipinski definition) is 3. The molecule has 1 aliphatic rings. The largest absolute Gasteiger partial charge is 0.416 e. The van der Waals surface area contributed by atoms with Crippen LogP contribution in [0.4, 0.5) is 24.5 Å². The Balaban J connectivity index is 1.99. The van der Waals surface area contributed by atoms with Crippen LogP contribution in [0, 0.1) is 0 Å². The molecule has 2 aromatic rings. The number of carbonyl (C=O) groups excluding carboxylic acids is 1. The highest BCUT2D eigenvalue weighted by atomic mass is 19.4. The van der Waals surface area contributed by atoms with Crippen molar-refractivity contribution in [3.8, 4) is 0 Å². The third-order valence-corrected chi connectivity index (χ3v) is 3.47. The van der Waals surface area contributed by atoms with Gasteiger partial charge in [-0.25, -0.2) is 0 Å². The topological polar surface area (TPSA) is 54.4 Å². The minimum atomic E-state index is -4.40. The van der Waals surface area contributed by atoms with Crippen LogP contribution in [-0.2, 0) is 17.4 Å². The number of benzene rings is 1. The molecule has 3 rings (SSSR count). The number of hydrogen-bond donors (Lipinski definition) is 1. The first-order valence-corrected chi connectivity index (χ1v) is 6.84. The molecule has 0 atom stereocenters. The van der Waals surface area contributed by atoms with Crippen LogP contribution in [0.5, 0.6) is 0 Å². The molecule has 2 heterocycles. The van der Waals surface area contributed by atoms with Crippen LogP contribution < -0.4 is 5.32 Å². The van der Waals surface area contributed by atoms with E-state index in [0.29, 0.717) is 29.1 Å². The van der Waals surface area contributed by atoms with Gasteiger partial charge < -0.3 is 5.32 Å². The van der Waals surface area contributed by atoms with Crippen molar-refractivity contribution in [2.75, 3.05) is 5.32 Å². The number of halogens is 3. The lowest BCUT2D eigenvalue weighted by Gasteiger charge is -2.08. The Labute approximate surface area is 130 Å². The molecule has 23 heavy (non-hydrogen) atoms. The molecule has 1 N–H and O–H groups in total. The van der Waals surface area contributed by atoms with Crippen molar-refractivity contribution in [2.24, 2.45) is 4.99 Å². The minimum absolute atomic E-state index is 0.255. The molecule has 0 saturated heterocycles. The zero-order valence-electron chi connectivity index (χ0n) is 12.1. The first kappa shape index (κ1) is 15.2. The summed E-state index contributed by atoms with van der Waals surface area (Å²) in [6.07, 6.45) is -0.952. The molecule has 0 spiro atoms. The number of rotatable bonds is 2. The fourth-order valence-electron chi connectivity index (χ4n) is 2.45. The number of nitrogens with zero attached hydrogens (tertiary/aromatic N) is 2. The first-order valence-electron chi connectivity index (χ1n) is 6.84. The highest BCUT2D eigenvalue weighted by molar-refractivity contribution is 6.11. The number of anilines is 1. The van der Waals surface area contributed by atoms with Gasteiger partial charge in [0.2, 0.25) is 5.91 Å². The second-order valence-corrected chi connectivity index (χ2v) is 5.18. The number of aromatic nitrogens is 1. The van der Waals surface area contributed by atoms with Crippen molar-refractivity contribution >= 4 is 23.0 Å². The summed E-state index contributed by atoms with van der Waals surface area (Å²) in [4.78, 5) is 19.5. The average molecular weight is 319 g/mol. The fourth-order valence-corrected chi connectivity index (χ4v) is 2.45. The van der Waals surface area contributed by atoms with Gasteiger partial charge in [0.05, 0.1) is 28.8 Å². The summed E-state index contributed by atoms with van der Waals surface area (Å²) in [7, 11) is 0.